The Morgan fingerprint density at radius 3 is 2.58 bits per heavy atom. The summed E-state index contributed by atoms with van der Waals surface area (Å²) < 4.78 is 15.5. The van der Waals surface area contributed by atoms with E-state index in [4.69, 9.17) is 14.0 Å². The van der Waals surface area contributed by atoms with Crippen LogP contribution >= 0.6 is 11.3 Å². The minimum atomic E-state index is 0.175. The summed E-state index contributed by atoms with van der Waals surface area (Å²) in [6.07, 6.45) is 4.24. The molecule has 3 aromatic heterocycles. The van der Waals surface area contributed by atoms with Gasteiger partial charge in [0.25, 0.3) is 0 Å². The van der Waals surface area contributed by atoms with Crippen molar-refractivity contribution in [2.24, 2.45) is 0 Å². The van der Waals surface area contributed by atoms with Crippen molar-refractivity contribution >= 4 is 22.8 Å². The number of hydrogen-bond acceptors (Lipinski definition) is 11. The molecule has 1 aromatic carbocycles. The normalized spacial score (nSPS) is 10.0. The molecule has 0 fully saturated rings. The second kappa shape index (κ2) is 10.8. The summed E-state index contributed by atoms with van der Waals surface area (Å²) in [5.41, 5.74) is 1.57. The molecule has 160 valence electrons. The molecule has 1 N–H and O–H groups in total. The van der Waals surface area contributed by atoms with Crippen LogP contribution in [0.5, 0.6) is 11.5 Å². The Hall–Kier alpha value is -3.86. The van der Waals surface area contributed by atoms with E-state index in [1.165, 1.54) is 18.4 Å². The fourth-order valence-electron chi connectivity index (χ4n) is 2.35. The predicted octanol–water partition coefficient (Wildman–Crippen LogP) is 3.42. The van der Waals surface area contributed by atoms with Crippen molar-refractivity contribution < 1.29 is 18.8 Å². The molecule has 3 heterocycles. The molecule has 4 aromatic rings. The molecule has 0 saturated heterocycles. The van der Waals surface area contributed by atoms with Crippen molar-refractivity contribution in [3.8, 4) is 22.1 Å². The zero-order valence-corrected chi connectivity index (χ0v) is 17.9. The van der Waals surface area contributed by atoms with Gasteiger partial charge < -0.3 is 19.3 Å². The van der Waals surface area contributed by atoms with Crippen LogP contribution in [0.4, 0.5) is 5.13 Å². The monoisotopic (exact) mass is 440 g/mol. The van der Waals surface area contributed by atoms with E-state index in [1.807, 2.05) is 19.2 Å². The maximum atomic E-state index is 10.6. The standard InChI is InChI=1S/C12H12N2O4.C8H8N4S/c1-8-13-12(14-18-8)7-17-10-4-3-9(6-15)5-11(10)16-2;1-9-8-12-11-7(13-8)6-2-4-10-5-3-6/h3-6H,7H2,1-2H3;2-5H,1H3,(H,9,12). The van der Waals surface area contributed by atoms with E-state index in [0.29, 0.717) is 28.8 Å². The summed E-state index contributed by atoms with van der Waals surface area (Å²) in [6.45, 7) is 1.88. The summed E-state index contributed by atoms with van der Waals surface area (Å²) in [6, 6.07) is 8.74. The number of benzene rings is 1. The largest absolute Gasteiger partial charge is 0.493 e. The molecule has 31 heavy (non-hydrogen) atoms. The lowest BCUT2D eigenvalue weighted by Gasteiger charge is -2.09. The molecule has 0 spiro atoms. The topological polar surface area (TPSA) is 125 Å². The number of ether oxygens (including phenoxy) is 2. The molecule has 0 amide bonds. The quantitative estimate of drug-likeness (QED) is 0.427. The fourth-order valence-corrected chi connectivity index (χ4v) is 3.06. The maximum absolute atomic E-state index is 10.6. The van der Waals surface area contributed by atoms with Crippen LogP contribution in [-0.2, 0) is 6.61 Å². The molecule has 10 nitrogen and oxygen atoms in total. The van der Waals surface area contributed by atoms with Crippen molar-refractivity contribution in [2.45, 2.75) is 13.5 Å². The molecule has 0 radical (unpaired) electrons. The van der Waals surface area contributed by atoms with Gasteiger partial charge in [0.1, 0.15) is 11.3 Å². The number of nitrogens with zero attached hydrogens (tertiary/aromatic N) is 5. The highest BCUT2D eigenvalue weighted by Crippen LogP contribution is 2.28. The van der Waals surface area contributed by atoms with Gasteiger partial charge in [-0.1, -0.05) is 16.5 Å². The Morgan fingerprint density at radius 1 is 1.16 bits per heavy atom. The first kappa shape index (κ1) is 21.8. The van der Waals surface area contributed by atoms with Crippen molar-refractivity contribution in [3.63, 3.8) is 0 Å². The van der Waals surface area contributed by atoms with Crippen molar-refractivity contribution in [3.05, 3.63) is 60.0 Å². The number of aldehydes is 1. The second-order valence-electron chi connectivity index (χ2n) is 5.94. The number of anilines is 1. The number of carbonyl (C=O) groups excluding carboxylic acids is 1. The number of hydrogen-bond donors (Lipinski definition) is 1. The van der Waals surface area contributed by atoms with Crippen LogP contribution < -0.4 is 14.8 Å². The molecule has 0 aliphatic rings. The van der Waals surface area contributed by atoms with E-state index < -0.39 is 0 Å². The average Bonchev–Trinajstić information content (AvgIpc) is 3.47. The lowest BCUT2D eigenvalue weighted by Crippen LogP contribution is -2.00. The van der Waals surface area contributed by atoms with Gasteiger partial charge in [0.05, 0.1) is 7.11 Å². The molecule has 0 bridgehead atoms. The van der Waals surface area contributed by atoms with E-state index in [9.17, 15) is 4.79 Å². The predicted molar refractivity (Wildman–Crippen MR) is 114 cm³/mol. The van der Waals surface area contributed by atoms with Crippen LogP contribution in [0.3, 0.4) is 0 Å². The summed E-state index contributed by atoms with van der Waals surface area (Å²) in [5, 5.41) is 16.4. The molecule has 11 heteroatoms. The van der Waals surface area contributed by atoms with Gasteiger partial charge in [0.15, 0.2) is 18.1 Å². The number of carbonyl (C=O) groups is 1. The highest BCUT2D eigenvalue weighted by Gasteiger charge is 2.08. The summed E-state index contributed by atoms with van der Waals surface area (Å²) in [5.74, 6) is 1.94. The lowest BCUT2D eigenvalue weighted by atomic mass is 10.2. The van der Waals surface area contributed by atoms with Gasteiger partial charge in [-0.25, -0.2) is 0 Å². The molecule has 0 aliphatic carbocycles. The first-order valence-electron chi connectivity index (χ1n) is 9.09. The van der Waals surface area contributed by atoms with Gasteiger partial charge in [0, 0.05) is 37.5 Å². The minimum Gasteiger partial charge on any atom is -0.493 e. The second-order valence-corrected chi connectivity index (χ2v) is 6.92. The fraction of sp³-hybridized carbons (Fsp3) is 0.200. The zero-order valence-electron chi connectivity index (χ0n) is 17.1. The zero-order chi connectivity index (χ0) is 22.1. The molecular formula is C20H20N6O4S. The Labute approximate surface area is 182 Å². The molecular weight excluding hydrogens is 420 g/mol. The first-order valence-corrected chi connectivity index (χ1v) is 9.91. The summed E-state index contributed by atoms with van der Waals surface area (Å²) in [4.78, 5) is 18.6. The van der Waals surface area contributed by atoms with Crippen LogP contribution in [0.25, 0.3) is 10.6 Å². The van der Waals surface area contributed by atoms with Crippen LogP contribution in [0, 0.1) is 6.92 Å². The number of nitrogens with one attached hydrogen (secondary N) is 1. The lowest BCUT2D eigenvalue weighted by molar-refractivity contribution is 0.112. The number of pyridine rings is 1. The third-order valence-electron chi connectivity index (χ3n) is 3.82. The minimum absolute atomic E-state index is 0.175. The van der Waals surface area contributed by atoms with Crippen LogP contribution in [0.1, 0.15) is 22.1 Å². The van der Waals surface area contributed by atoms with Crippen LogP contribution in [-0.4, -0.2) is 45.8 Å². The Balaban J connectivity index is 0.000000185. The SMILES string of the molecule is CNc1nnc(-c2ccncc2)s1.COc1cc(C=O)ccc1OCc1noc(C)n1. The van der Waals surface area contributed by atoms with Crippen molar-refractivity contribution in [2.75, 3.05) is 19.5 Å². The third kappa shape index (κ3) is 6.06. The van der Waals surface area contributed by atoms with E-state index in [-0.39, 0.29) is 6.61 Å². The van der Waals surface area contributed by atoms with Gasteiger partial charge in [-0.05, 0) is 30.3 Å². The third-order valence-corrected chi connectivity index (χ3v) is 4.81. The maximum Gasteiger partial charge on any atom is 0.223 e. The van der Waals surface area contributed by atoms with E-state index >= 15 is 0 Å². The average molecular weight is 440 g/mol. The molecule has 0 saturated carbocycles. The molecule has 4 rings (SSSR count). The van der Waals surface area contributed by atoms with E-state index in [1.54, 1.807) is 37.5 Å². The van der Waals surface area contributed by atoms with Crippen LogP contribution in [0.15, 0.2) is 47.2 Å². The van der Waals surface area contributed by atoms with Gasteiger partial charge in [-0.15, -0.1) is 10.2 Å². The van der Waals surface area contributed by atoms with Gasteiger partial charge in [0.2, 0.25) is 16.8 Å². The number of aromatic nitrogens is 5. The molecule has 0 unspecified atom stereocenters. The van der Waals surface area contributed by atoms with Gasteiger partial charge in [-0.3, -0.25) is 9.78 Å². The number of aryl methyl sites for hydroxylation is 1. The number of rotatable bonds is 7. The molecule has 0 atom stereocenters. The van der Waals surface area contributed by atoms with Gasteiger partial charge >= 0.3 is 0 Å². The Morgan fingerprint density at radius 2 is 1.97 bits per heavy atom. The Kier molecular flexibility index (Phi) is 7.60. The Bertz CT molecular complexity index is 1120. The van der Waals surface area contributed by atoms with Crippen molar-refractivity contribution in [1.29, 1.82) is 0 Å². The smallest absolute Gasteiger partial charge is 0.223 e. The first-order chi connectivity index (χ1) is 15.1. The van der Waals surface area contributed by atoms with Crippen molar-refractivity contribution in [1.82, 2.24) is 25.3 Å². The summed E-state index contributed by atoms with van der Waals surface area (Å²) >= 11 is 1.52. The molecule has 0 aliphatic heterocycles. The summed E-state index contributed by atoms with van der Waals surface area (Å²) in [7, 11) is 3.34. The highest BCUT2D eigenvalue weighted by molar-refractivity contribution is 7.18. The number of methoxy groups -OCH3 is 1. The highest BCUT2D eigenvalue weighted by atomic mass is 32.1. The van der Waals surface area contributed by atoms with Crippen LogP contribution in [0.2, 0.25) is 0 Å². The van der Waals surface area contributed by atoms with E-state index in [0.717, 1.165) is 22.0 Å². The van der Waals surface area contributed by atoms with Gasteiger partial charge in [-0.2, -0.15) is 4.98 Å². The van der Waals surface area contributed by atoms with E-state index in [2.05, 4.69) is 30.6 Å².